The van der Waals surface area contributed by atoms with Crippen molar-refractivity contribution in [1.29, 1.82) is 0 Å². The third kappa shape index (κ3) is 5.50. The number of nitrogens with one attached hydrogen (secondary N) is 1. The molecule has 5 fully saturated rings. The summed E-state index contributed by atoms with van der Waals surface area (Å²) in [6.07, 6.45) is 11.3. The van der Waals surface area contributed by atoms with E-state index in [1.807, 2.05) is 12.1 Å². The Bertz CT molecular complexity index is 1710. The third-order valence-electron chi connectivity index (χ3n) is 10.2. The fourth-order valence-corrected chi connectivity index (χ4v) is 8.61. The summed E-state index contributed by atoms with van der Waals surface area (Å²) in [4.78, 5) is 40.7. The predicted octanol–water partition coefficient (Wildman–Crippen LogP) is 7.28. The minimum atomic E-state index is -0.774. The van der Waals surface area contributed by atoms with Crippen molar-refractivity contribution in [2.45, 2.75) is 57.0 Å². The summed E-state index contributed by atoms with van der Waals surface area (Å²) < 4.78 is 25.1. The Labute approximate surface area is 268 Å². The molecular weight excluding hydrogens is 583 g/mol. The van der Waals surface area contributed by atoms with E-state index in [0.29, 0.717) is 29.2 Å². The molecule has 4 amide bonds. The van der Waals surface area contributed by atoms with Gasteiger partial charge >= 0.3 is 6.03 Å². The molecule has 236 valence electrons. The number of carbonyl (C=O) groups is 3. The Kier molecular flexibility index (Phi) is 7.75. The molecule has 1 heterocycles. The Morgan fingerprint density at radius 1 is 0.957 bits per heavy atom. The second kappa shape index (κ2) is 11.9. The minimum absolute atomic E-state index is 0.170. The lowest BCUT2D eigenvalue weighted by atomic mass is 9.48. The lowest BCUT2D eigenvalue weighted by Crippen LogP contribution is -2.54. The van der Waals surface area contributed by atoms with E-state index in [1.54, 1.807) is 30.3 Å². The smallest absolute Gasteiger partial charge is 0.335 e. The van der Waals surface area contributed by atoms with Gasteiger partial charge in [-0.3, -0.25) is 14.9 Å². The zero-order chi connectivity index (χ0) is 32.0. The van der Waals surface area contributed by atoms with E-state index in [2.05, 4.69) is 24.0 Å². The molecule has 0 aromatic heterocycles. The number of rotatable bonds is 9. The van der Waals surface area contributed by atoms with E-state index in [1.165, 1.54) is 69.4 Å². The number of nitrogens with zero attached hydrogens (tertiary/aromatic N) is 1. The van der Waals surface area contributed by atoms with Gasteiger partial charge in [-0.2, -0.15) is 0 Å². The Morgan fingerprint density at radius 2 is 1.61 bits per heavy atom. The summed E-state index contributed by atoms with van der Waals surface area (Å²) in [5.74, 6) is 1.49. The van der Waals surface area contributed by atoms with Crippen LogP contribution < -0.4 is 19.7 Å². The molecule has 3 aromatic rings. The third-order valence-corrected chi connectivity index (χ3v) is 10.2. The molecule has 4 aliphatic carbocycles. The highest BCUT2D eigenvalue weighted by atomic mass is 19.1. The first kappa shape index (κ1) is 30.0. The summed E-state index contributed by atoms with van der Waals surface area (Å²) in [6, 6.07) is 16.5. The molecular formula is C38H37FN2O5. The van der Waals surface area contributed by atoms with Gasteiger partial charge in [0.2, 0.25) is 0 Å². The van der Waals surface area contributed by atoms with Crippen LogP contribution in [0.5, 0.6) is 11.5 Å². The first-order chi connectivity index (χ1) is 22.2. The maximum absolute atomic E-state index is 13.8. The van der Waals surface area contributed by atoms with Crippen molar-refractivity contribution in [2.75, 3.05) is 12.0 Å². The van der Waals surface area contributed by atoms with Crippen LogP contribution in [0.25, 0.3) is 6.08 Å². The van der Waals surface area contributed by atoms with Crippen LogP contribution in [0, 0.1) is 23.6 Å². The van der Waals surface area contributed by atoms with E-state index in [0.717, 1.165) is 33.8 Å². The average molecular weight is 621 g/mol. The lowest BCUT2D eigenvalue weighted by molar-refractivity contribution is -0.122. The second-order valence-electron chi connectivity index (χ2n) is 13.3. The van der Waals surface area contributed by atoms with Crippen LogP contribution >= 0.6 is 0 Å². The molecule has 8 heteroatoms. The van der Waals surface area contributed by atoms with Crippen molar-refractivity contribution in [2.24, 2.45) is 17.8 Å². The zero-order valence-corrected chi connectivity index (χ0v) is 25.9. The number of barbiturate groups is 1. The molecule has 1 saturated heterocycles. The van der Waals surface area contributed by atoms with Crippen LogP contribution in [0.4, 0.5) is 14.9 Å². The van der Waals surface area contributed by atoms with Crippen LogP contribution in [0.2, 0.25) is 0 Å². The summed E-state index contributed by atoms with van der Waals surface area (Å²) in [7, 11) is 1.50. The van der Waals surface area contributed by atoms with Gasteiger partial charge in [0, 0.05) is 5.56 Å². The number of hydrogen-bond acceptors (Lipinski definition) is 5. The number of hydrogen-bond donors (Lipinski definition) is 1. The number of methoxy groups -OCH3 is 1. The number of halogens is 1. The van der Waals surface area contributed by atoms with E-state index in [4.69, 9.17) is 9.47 Å². The van der Waals surface area contributed by atoms with E-state index in [-0.39, 0.29) is 23.4 Å². The maximum Gasteiger partial charge on any atom is 0.335 e. The summed E-state index contributed by atoms with van der Waals surface area (Å²) in [5, 5.41) is 2.33. The SMILES string of the molecule is C=CCc1cc(/C=C2\C(=O)NC(=O)N(c3ccc(C45CC6CC(CC(C6)C4)C5)cc3)C2=O)cc(OC)c1OCc1ccc(F)cc1. The van der Waals surface area contributed by atoms with Gasteiger partial charge in [-0.05, 0) is 127 Å². The van der Waals surface area contributed by atoms with Crippen LogP contribution in [-0.4, -0.2) is 25.0 Å². The molecule has 1 N–H and O–H groups in total. The summed E-state index contributed by atoms with van der Waals surface area (Å²) >= 11 is 0. The van der Waals surface area contributed by atoms with Gasteiger partial charge in [0.25, 0.3) is 11.8 Å². The number of allylic oxidation sites excluding steroid dienone is 1. The van der Waals surface area contributed by atoms with Crippen LogP contribution in [0.15, 0.2) is 78.9 Å². The molecule has 0 atom stereocenters. The molecule has 7 nitrogen and oxygen atoms in total. The summed E-state index contributed by atoms with van der Waals surface area (Å²) in [6.45, 7) is 4.03. The Morgan fingerprint density at radius 3 is 2.22 bits per heavy atom. The molecule has 4 saturated carbocycles. The Balaban J connectivity index is 1.15. The van der Waals surface area contributed by atoms with Crippen molar-refractivity contribution in [1.82, 2.24) is 5.32 Å². The number of carbonyl (C=O) groups excluding carboxylic acids is 3. The fraction of sp³-hybridized carbons (Fsp3) is 0.342. The fourth-order valence-electron chi connectivity index (χ4n) is 8.61. The highest BCUT2D eigenvalue weighted by Crippen LogP contribution is 2.60. The standard InChI is InChI=1S/C38H37FN2O5/c1-3-4-28-16-24(18-33(45-2)34(28)46-22-23-5-9-30(39)10-6-23)17-32-35(42)40-37(44)41(36(32)43)31-11-7-29(8-12-31)38-19-25-13-26(20-38)15-27(14-25)21-38/h3,5-12,16-18,25-27H,1,4,13-15,19-22H2,2H3,(H,40,42,44)/b32-17+. The van der Waals surface area contributed by atoms with Crippen LogP contribution in [0.1, 0.15) is 60.8 Å². The van der Waals surface area contributed by atoms with E-state index in [9.17, 15) is 18.8 Å². The van der Waals surface area contributed by atoms with Gasteiger partial charge in [0.1, 0.15) is 18.0 Å². The van der Waals surface area contributed by atoms with Crippen molar-refractivity contribution in [3.05, 3.63) is 107 Å². The average Bonchev–Trinajstić information content (AvgIpc) is 3.03. The molecule has 46 heavy (non-hydrogen) atoms. The number of imide groups is 2. The number of anilines is 1. The van der Waals surface area contributed by atoms with E-state index >= 15 is 0 Å². The van der Waals surface area contributed by atoms with Gasteiger partial charge in [-0.15, -0.1) is 6.58 Å². The quantitative estimate of drug-likeness (QED) is 0.154. The first-order valence-corrected chi connectivity index (χ1v) is 16.0. The van der Waals surface area contributed by atoms with Gasteiger partial charge in [-0.1, -0.05) is 30.3 Å². The lowest BCUT2D eigenvalue weighted by Gasteiger charge is -2.57. The largest absolute Gasteiger partial charge is 0.493 e. The summed E-state index contributed by atoms with van der Waals surface area (Å²) in [5.41, 5.74) is 3.75. The van der Waals surface area contributed by atoms with Crippen molar-refractivity contribution in [3.63, 3.8) is 0 Å². The molecule has 0 spiro atoms. The van der Waals surface area contributed by atoms with Gasteiger partial charge < -0.3 is 9.47 Å². The highest BCUT2D eigenvalue weighted by Gasteiger charge is 2.51. The number of benzene rings is 3. The number of urea groups is 1. The van der Waals surface area contributed by atoms with Crippen LogP contribution in [0.3, 0.4) is 0 Å². The molecule has 0 unspecified atom stereocenters. The zero-order valence-electron chi connectivity index (χ0n) is 25.9. The normalized spacial score (nSPS) is 26.0. The number of ether oxygens (including phenoxy) is 2. The highest BCUT2D eigenvalue weighted by molar-refractivity contribution is 6.39. The maximum atomic E-state index is 13.8. The van der Waals surface area contributed by atoms with Gasteiger partial charge in [-0.25, -0.2) is 14.1 Å². The Hall–Kier alpha value is -4.72. The van der Waals surface area contributed by atoms with Gasteiger partial charge in [0.15, 0.2) is 11.5 Å². The van der Waals surface area contributed by atoms with Crippen molar-refractivity contribution < 1.29 is 28.2 Å². The minimum Gasteiger partial charge on any atom is -0.493 e. The molecule has 8 rings (SSSR count). The molecule has 4 bridgehead atoms. The topological polar surface area (TPSA) is 84.9 Å². The monoisotopic (exact) mass is 620 g/mol. The van der Waals surface area contributed by atoms with Crippen molar-refractivity contribution >= 4 is 29.6 Å². The van der Waals surface area contributed by atoms with Gasteiger partial charge in [0.05, 0.1) is 12.8 Å². The van der Waals surface area contributed by atoms with Crippen molar-refractivity contribution in [3.8, 4) is 11.5 Å². The predicted molar refractivity (Wildman–Crippen MR) is 173 cm³/mol. The van der Waals surface area contributed by atoms with Crippen LogP contribution in [-0.2, 0) is 28.0 Å². The molecule has 1 aliphatic heterocycles. The second-order valence-corrected chi connectivity index (χ2v) is 13.3. The molecule has 0 radical (unpaired) electrons. The molecule has 5 aliphatic rings. The number of amides is 4. The van der Waals surface area contributed by atoms with E-state index < -0.39 is 17.8 Å². The molecule has 3 aromatic carbocycles. The first-order valence-electron chi connectivity index (χ1n) is 16.0.